The van der Waals surface area contributed by atoms with E-state index in [1.54, 1.807) is 0 Å². The smallest absolute Gasteiger partial charge is 0.0107 e. The van der Waals surface area contributed by atoms with Crippen LogP contribution in [0.25, 0.3) is 0 Å². The molecule has 0 saturated heterocycles. The molecule has 0 radical (unpaired) electrons. The summed E-state index contributed by atoms with van der Waals surface area (Å²) in [6.45, 7) is 4.64. The van der Waals surface area contributed by atoms with Crippen LogP contribution in [-0.4, -0.2) is 63.2 Å². The Morgan fingerprint density at radius 3 is 2.27 bits per heavy atom. The predicted octanol–water partition coefficient (Wildman–Crippen LogP) is 1.01. The van der Waals surface area contributed by atoms with Gasteiger partial charge < -0.3 is 15.1 Å². The molecule has 1 aliphatic carbocycles. The molecule has 15 heavy (non-hydrogen) atoms. The molecule has 0 aliphatic heterocycles. The standard InChI is InChI=1S/C12H27N3/c1-14(2)10-11-15(3)9-8-13-12-6-4-5-7-12/h12-13H,4-11H2,1-3H3. The third-order valence-electron chi connectivity index (χ3n) is 3.21. The summed E-state index contributed by atoms with van der Waals surface area (Å²) in [6.07, 6.45) is 5.63. The fraction of sp³-hybridized carbons (Fsp3) is 1.00. The summed E-state index contributed by atoms with van der Waals surface area (Å²) in [7, 11) is 6.47. The minimum Gasteiger partial charge on any atom is -0.313 e. The fourth-order valence-electron chi connectivity index (χ4n) is 2.07. The summed E-state index contributed by atoms with van der Waals surface area (Å²) in [4.78, 5) is 4.64. The molecule has 90 valence electrons. The zero-order valence-electron chi connectivity index (χ0n) is 10.6. The van der Waals surface area contributed by atoms with Crippen molar-refractivity contribution in [2.45, 2.75) is 31.7 Å². The third kappa shape index (κ3) is 6.13. The van der Waals surface area contributed by atoms with Gasteiger partial charge in [0.25, 0.3) is 0 Å². The van der Waals surface area contributed by atoms with E-state index in [9.17, 15) is 0 Å². The van der Waals surface area contributed by atoms with Crippen molar-refractivity contribution in [1.82, 2.24) is 15.1 Å². The van der Waals surface area contributed by atoms with Crippen molar-refractivity contribution in [2.24, 2.45) is 0 Å². The minimum atomic E-state index is 0.812. The average Bonchev–Trinajstić information content (AvgIpc) is 2.67. The maximum atomic E-state index is 3.64. The molecule has 3 nitrogen and oxygen atoms in total. The number of likely N-dealkylation sites (N-methyl/N-ethyl adjacent to an activating group) is 2. The molecule has 1 saturated carbocycles. The molecule has 1 aliphatic rings. The van der Waals surface area contributed by atoms with Crippen molar-refractivity contribution in [3.63, 3.8) is 0 Å². The highest BCUT2D eigenvalue weighted by Crippen LogP contribution is 2.17. The second-order valence-electron chi connectivity index (χ2n) is 5.04. The Kier molecular flexibility index (Phi) is 6.22. The summed E-state index contributed by atoms with van der Waals surface area (Å²) in [6, 6.07) is 0.812. The summed E-state index contributed by atoms with van der Waals surface area (Å²) in [5.74, 6) is 0. The molecule has 3 heteroatoms. The van der Waals surface area contributed by atoms with E-state index in [0.29, 0.717) is 0 Å². The van der Waals surface area contributed by atoms with Crippen LogP contribution in [0.2, 0.25) is 0 Å². The highest BCUT2D eigenvalue weighted by Gasteiger charge is 2.13. The second kappa shape index (κ2) is 7.20. The number of nitrogens with zero attached hydrogens (tertiary/aromatic N) is 2. The lowest BCUT2D eigenvalue weighted by molar-refractivity contribution is 0.278. The summed E-state index contributed by atoms with van der Waals surface area (Å²) >= 11 is 0. The van der Waals surface area contributed by atoms with Crippen LogP contribution < -0.4 is 5.32 Å². The van der Waals surface area contributed by atoms with Crippen LogP contribution >= 0.6 is 0 Å². The minimum absolute atomic E-state index is 0.812. The van der Waals surface area contributed by atoms with Crippen LogP contribution in [0.1, 0.15) is 25.7 Å². The lowest BCUT2D eigenvalue weighted by Crippen LogP contribution is -2.36. The van der Waals surface area contributed by atoms with Crippen LogP contribution in [0.4, 0.5) is 0 Å². The SMILES string of the molecule is CN(C)CCN(C)CCNC1CCCC1. The van der Waals surface area contributed by atoms with Crippen LogP contribution in [-0.2, 0) is 0 Å². The Morgan fingerprint density at radius 1 is 1.00 bits per heavy atom. The molecule has 0 spiro atoms. The van der Waals surface area contributed by atoms with Crippen molar-refractivity contribution >= 4 is 0 Å². The van der Waals surface area contributed by atoms with Crippen molar-refractivity contribution < 1.29 is 0 Å². The normalized spacial score (nSPS) is 18.2. The third-order valence-corrected chi connectivity index (χ3v) is 3.21. The van der Waals surface area contributed by atoms with Crippen molar-refractivity contribution in [3.05, 3.63) is 0 Å². The molecule has 1 N–H and O–H groups in total. The fourth-order valence-corrected chi connectivity index (χ4v) is 2.07. The largest absolute Gasteiger partial charge is 0.313 e. The number of hydrogen-bond donors (Lipinski definition) is 1. The van der Waals surface area contributed by atoms with Gasteiger partial charge in [-0.1, -0.05) is 12.8 Å². The Morgan fingerprint density at radius 2 is 1.67 bits per heavy atom. The molecule has 0 bridgehead atoms. The monoisotopic (exact) mass is 213 g/mol. The maximum absolute atomic E-state index is 3.64. The maximum Gasteiger partial charge on any atom is 0.0107 e. The zero-order chi connectivity index (χ0) is 11.1. The van der Waals surface area contributed by atoms with Crippen molar-refractivity contribution in [2.75, 3.05) is 47.3 Å². The summed E-state index contributed by atoms with van der Waals surface area (Å²) in [5, 5.41) is 3.64. The van der Waals surface area contributed by atoms with Gasteiger partial charge in [0.1, 0.15) is 0 Å². The first-order chi connectivity index (χ1) is 7.18. The van der Waals surface area contributed by atoms with Gasteiger partial charge in [-0.15, -0.1) is 0 Å². The first-order valence-corrected chi connectivity index (χ1v) is 6.25. The van der Waals surface area contributed by atoms with E-state index < -0.39 is 0 Å². The van der Waals surface area contributed by atoms with E-state index in [1.807, 2.05) is 0 Å². The molecular formula is C12H27N3. The van der Waals surface area contributed by atoms with Gasteiger partial charge in [0.2, 0.25) is 0 Å². The van der Waals surface area contributed by atoms with Gasteiger partial charge in [-0.3, -0.25) is 0 Å². The predicted molar refractivity (Wildman–Crippen MR) is 66.3 cm³/mol. The van der Waals surface area contributed by atoms with Crippen LogP contribution in [0.15, 0.2) is 0 Å². The van der Waals surface area contributed by atoms with E-state index >= 15 is 0 Å². The molecule has 0 atom stereocenters. The van der Waals surface area contributed by atoms with Gasteiger partial charge in [-0.2, -0.15) is 0 Å². The van der Waals surface area contributed by atoms with Gasteiger partial charge >= 0.3 is 0 Å². The zero-order valence-corrected chi connectivity index (χ0v) is 10.6. The molecule has 1 fully saturated rings. The summed E-state index contributed by atoms with van der Waals surface area (Å²) < 4.78 is 0. The lowest BCUT2D eigenvalue weighted by atomic mass is 10.2. The second-order valence-corrected chi connectivity index (χ2v) is 5.04. The van der Waals surface area contributed by atoms with Gasteiger partial charge in [-0.05, 0) is 34.0 Å². The number of rotatable bonds is 7. The molecule has 1 rings (SSSR count). The molecule has 0 aromatic rings. The molecular weight excluding hydrogens is 186 g/mol. The van der Waals surface area contributed by atoms with Gasteiger partial charge in [0.15, 0.2) is 0 Å². The van der Waals surface area contributed by atoms with E-state index in [0.717, 1.165) is 19.1 Å². The molecule has 0 unspecified atom stereocenters. The van der Waals surface area contributed by atoms with Gasteiger partial charge in [-0.25, -0.2) is 0 Å². The van der Waals surface area contributed by atoms with Crippen molar-refractivity contribution in [1.29, 1.82) is 0 Å². The lowest BCUT2D eigenvalue weighted by Gasteiger charge is -2.20. The van der Waals surface area contributed by atoms with Gasteiger partial charge in [0.05, 0.1) is 0 Å². The molecule has 0 amide bonds. The van der Waals surface area contributed by atoms with E-state index in [-0.39, 0.29) is 0 Å². The van der Waals surface area contributed by atoms with Gasteiger partial charge in [0, 0.05) is 32.2 Å². The van der Waals surface area contributed by atoms with Crippen LogP contribution in [0.3, 0.4) is 0 Å². The van der Waals surface area contributed by atoms with Crippen LogP contribution in [0.5, 0.6) is 0 Å². The average molecular weight is 213 g/mol. The Labute approximate surface area is 94.8 Å². The van der Waals surface area contributed by atoms with E-state index in [2.05, 4.69) is 36.3 Å². The quantitative estimate of drug-likeness (QED) is 0.681. The van der Waals surface area contributed by atoms with E-state index in [4.69, 9.17) is 0 Å². The topological polar surface area (TPSA) is 18.5 Å². The number of hydrogen-bond acceptors (Lipinski definition) is 3. The highest BCUT2D eigenvalue weighted by molar-refractivity contribution is 4.73. The Bertz CT molecular complexity index is 153. The highest BCUT2D eigenvalue weighted by atomic mass is 15.2. The molecule has 0 heterocycles. The molecule has 0 aromatic heterocycles. The van der Waals surface area contributed by atoms with E-state index in [1.165, 1.54) is 38.8 Å². The molecule has 0 aromatic carbocycles. The Balaban J connectivity index is 1.93. The first kappa shape index (κ1) is 12.9. The van der Waals surface area contributed by atoms with Crippen LogP contribution in [0, 0.1) is 0 Å². The number of nitrogens with one attached hydrogen (secondary N) is 1. The Hall–Kier alpha value is -0.120. The summed E-state index contributed by atoms with van der Waals surface area (Å²) in [5.41, 5.74) is 0. The first-order valence-electron chi connectivity index (χ1n) is 6.25. The van der Waals surface area contributed by atoms with Crippen molar-refractivity contribution in [3.8, 4) is 0 Å².